The number of benzene rings is 6. The molecule has 0 unspecified atom stereocenters. The van der Waals surface area contributed by atoms with Crippen LogP contribution in [0.15, 0.2) is 197 Å². The van der Waals surface area contributed by atoms with Crippen LogP contribution in [-0.2, 0) is 9.59 Å². The third-order valence-electron chi connectivity index (χ3n) is 13.7. The van der Waals surface area contributed by atoms with Crippen molar-refractivity contribution in [3.8, 4) is 29.8 Å². The average Bonchev–Trinajstić information content (AvgIpc) is 4.04. The minimum Gasteiger partial charge on any atom is -0.373 e. The summed E-state index contributed by atoms with van der Waals surface area (Å²) < 4.78 is 15.5. The number of carbonyl (C=O) groups excluding carboxylic acids is 2. The summed E-state index contributed by atoms with van der Waals surface area (Å²) in [6, 6.07) is 62.1. The molecule has 13 nitrogen and oxygen atoms in total. The Morgan fingerprint density at radius 1 is 0.649 bits per heavy atom. The van der Waals surface area contributed by atoms with Crippen LogP contribution in [-0.4, -0.2) is 115 Å². The molecule has 3 aliphatic heterocycles. The number of halogens is 1. The van der Waals surface area contributed by atoms with Crippen LogP contribution in [0.1, 0.15) is 72.3 Å². The van der Waals surface area contributed by atoms with E-state index in [2.05, 4.69) is 62.0 Å². The quantitative estimate of drug-likeness (QED) is 0.0420. The molecule has 3 aliphatic rings. The molecule has 6 aromatic rings. The number of hydrogen-bond acceptors (Lipinski definition) is 8. The van der Waals surface area contributed by atoms with Gasteiger partial charge in [0, 0.05) is 36.3 Å². The van der Waals surface area contributed by atoms with Crippen molar-refractivity contribution < 1.29 is 44.9 Å². The van der Waals surface area contributed by atoms with Gasteiger partial charge in [-0.25, -0.2) is 0 Å². The normalized spacial score (nSPS) is 17.3. The molecule has 9 rings (SSSR count). The fourth-order valence-corrected chi connectivity index (χ4v) is 9.76. The zero-order chi connectivity index (χ0) is 54.6. The predicted molar refractivity (Wildman–Crippen MR) is 298 cm³/mol. The van der Waals surface area contributed by atoms with Crippen molar-refractivity contribution >= 4 is 17.5 Å². The van der Waals surface area contributed by atoms with E-state index in [1.807, 2.05) is 194 Å². The summed E-state index contributed by atoms with van der Waals surface area (Å²) in [5.41, 5.74) is 20.3. The zero-order valence-electron chi connectivity index (χ0n) is 45.0. The van der Waals surface area contributed by atoms with E-state index >= 15 is 0 Å². The summed E-state index contributed by atoms with van der Waals surface area (Å²) in [7, 11) is 3.16. The predicted octanol–water partition coefficient (Wildman–Crippen LogP) is 8.12. The van der Waals surface area contributed by atoms with E-state index in [-0.39, 0.29) is 65.4 Å². The van der Waals surface area contributed by atoms with Gasteiger partial charge in [-0.05, 0) is 91.5 Å². The molecule has 386 valence electrons. The summed E-state index contributed by atoms with van der Waals surface area (Å²) in [5, 5.41) is 22.3. The molecular weight excluding hydrogens is 973 g/mol. The molecule has 77 heavy (non-hydrogen) atoms. The van der Waals surface area contributed by atoms with Gasteiger partial charge in [-0.15, -0.1) is 5.10 Å². The Morgan fingerprint density at radius 3 is 1.36 bits per heavy atom. The van der Waals surface area contributed by atoms with Gasteiger partial charge in [0.15, 0.2) is 0 Å². The molecule has 4 atom stereocenters. The van der Waals surface area contributed by atoms with Gasteiger partial charge in [-0.2, -0.15) is 10.4 Å². The van der Waals surface area contributed by atoms with Crippen LogP contribution in [0, 0.1) is 35.0 Å². The number of carbonyl (C=O) groups is 2. The number of nitriles is 1. The number of piperidine rings is 2. The first-order valence-corrected chi connectivity index (χ1v) is 25.2. The molecule has 6 aromatic carbocycles. The van der Waals surface area contributed by atoms with Crippen molar-refractivity contribution in [3.63, 3.8) is 0 Å². The van der Waals surface area contributed by atoms with Gasteiger partial charge in [0.25, 0.3) is 0 Å². The number of amides is 2. The third-order valence-corrected chi connectivity index (χ3v) is 13.7. The van der Waals surface area contributed by atoms with Gasteiger partial charge in [0.05, 0.1) is 51.3 Å². The van der Waals surface area contributed by atoms with Crippen LogP contribution in [0.3, 0.4) is 0 Å². The Hall–Kier alpha value is -7.70. The third kappa shape index (κ3) is 17.4. The summed E-state index contributed by atoms with van der Waals surface area (Å²) in [5.74, 6) is 12.3. The summed E-state index contributed by atoms with van der Waals surface area (Å²) >= 11 is 0. The van der Waals surface area contributed by atoms with Gasteiger partial charge in [-0.1, -0.05) is 181 Å². The van der Waals surface area contributed by atoms with E-state index in [9.17, 15) is 19.2 Å². The maximum atomic E-state index is 14.2. The van der Waals surface area contributed by atoms with Crippen LogP contribution >= 0.6 is 0 Å². The standard InChI is InChI=1S/C31H31N5O.C30H29N3O.CH3F.N3.Na/c1-35(20-11-14-24-12-5-2-6-13-24)27-19-21-36(29(22-27)28-23-32-34-33-28)31(37)30(25-15-7-3-8-16-25)26-17-9-4-10-18-26;1-32(20-11-14-24-12-5-2-6-13-24)27-19-21-33(28(22-27)23-31)30(34)29(25-15-7-3-8-16-25)26-17-9-4-10-18-26;1-2;1-3-2;/h2-10,12-13,15-18,27,29-30H,19-23H2,1H3;2-10,12-13,15-18,27-29H,19-22H2,1H3;1H3;;/q;;;-1;+1/t27-,29+;27-,28+;;;/m11.../s1/i;;1D;;. The van der Waals surface area contributed by atoms with E-state index in [0.717, 1.165) is 58.4 Å². The molecule has 0 aliphatic carbocycles. The smallest absolute Gasteiger partial charge is 0.373 e. The molecule has 2 fully saturated rings. The molecule has 0 bridgehead atoms. The van der Waals surface area contributed by atoms with Crippen molar-refractivity contribution in [3.05, 3.63) is 231 Å². The van der Waals surface area contributed by atoms with Crippen LogP contribution in [0.4, 0.5) is 4.39 Å². The monoisotopic (exact) mass is 1040 g/mol. The van der Waals surface area contributed by atoms with E-state index in [1.54, 1.807) is 4.90 Å². The summed E-state index contributed by atoms with van der Waals surface area (Å²) in [6.45, 7) is 2.95. The van der Waals surface area contributed by atoms with Crippen molar-refractivity contribution in [2.45, 2.75) is 61.7 Å². The number of rotatable bonds is 11. The fraction of sp³-hybridized carbons (Fsp3) is 0.290. The minimum absolute atomic E-state index is 0. The van der Waals surface area contributed by atoms with Crippen molar-refractivity contribution in [2.24, 2.45) is 15.4 Å². The first-order chi connectivity index (χ1) is 37.7. The second kappa shape index (κ2) is 32.7. The summed E-state index contributed by atoms with van der Waals surface area (Å²) in [4.78, 5) is 37.8. The van der Waals surface area contributed by atoms with Gasteiger partial charge in [-0.3, -0.25) is 28.7 Å². The van der Waals surface area contributed by atoms with Crippen molar-refractivity contribution in [1.29, 1.82) is 5.26 Å². The molecule has 0 aromatic heterocycles. The molecule has 2 saturated heterocycles. The molecule has 0 radical (unpaired) electrons. The average molecular weight is 1040 g/mol. The topological polar surface area (TPSA) is 167 Å². The van der Waals surface area contributed by atoms with Crippen LogP contribution in [0.2, 0.25) is 0 Å². The molecular formula is C62H63FN11NaO2. The second-order valence-corrected chi connectivity index (χ2v) is 18.3. The largest absolute Gasteiger partial charge is 1.00 e. The van der Waals surface area contributed by atoms with Gasteiger partial charge < -0.3 is 20.9 Å². The van der Waals surface area contributed by atoms with Crippen molar-refractivity contribution in [2.75, 3.05) is 54.0 Å². The van der Waals surface area contributed by atoms with Gasteiger partial charge in [0.1, 0.15) is 12.6 Å². The first-order valence-electron chi connectivity index (χ1n) is 25.9. The van der Waals surface area contributed by atoms with Crippen LogP contribution < -0.4 is 29.6 Å². The maximum Gasteiger partial charge on any atom is 1.00 e. The number of likely N-dealkylation sites (tertiary alicyclic amines) is 2. The number of hydrogen-bond donors (Lipinski definition) is 0. The van der Waals surface area contributed by atoms with Crippen LogP contribution in [0.5, 0.6) is 0 Å². The van der Waals surface area contributed by atoms with Gasteiger partial charge >= 0.3 is 29.6 Å². The minimum atomic E-state index is -1.00. The SMILES string of the molecule is CN(CC#Cc1ccccc1)[C@@H]1CCN(C(=O)C(c2ccccc2)c2ccccc2)[C@H](C#N)C1.CN(CC#Cc1ccccc1)[C@@H]1CCN(C(=O)C(c2ccccc2)c2ccccc2)[C@H](C2=NN=NC2)C1.[2H]CF.[N-]=[N+]=[N-].[Na+]. The van der Waals surface area contributed by atoms with Crippen molar-refractivity contribution in [1.82, 2.24) is 19.6 Å². The molecule has 0 spiro atoms. The Kier molecular flexibility index (Phi) is 24.9. The fourth-order valence-electron chi connectivity index (χ4n) is 9.76. The first kappa shape index (κ1) is 58.6. The Balaban J connectivity index is 0.000000259. The van der Waals surface area contributed by atoms with Crippen LogP contribution in [0.25, 0.3) is 16.0 Å². The molecule has 0 saturated carbocycles. The Morgan fingerprint density at radius 2 is 1.00 bits per heavy atom. The van der Waals surface area contributed by atoms with E-state index in [0.29, 0.717) is 39.1 Å². The molecule has 2 amide bonds. The maximum absolute atomic E-state index is 14.2. The molecule has 0 N–H and O–H groups in total. The summed E-state index contributed by atoms with van der Waals surface area (Å²) in [6.07, 6.45) is 3.12. The van der Waals surface area contributed by atoms with E-state index in [4.69, 9.17) is 12.4 Å². The Bertz CT molecular complexity index is 2960. The molecule has 15 heteroatoms. The number of alkyl halides is 1. The van der Waals surface area contributed by atoms with E-state index < -0.39 is 19.1 Å². The zero-order valence-corrected chi connectivity index (χ0v) is 46.0. The number of nitrogens with zero attached hydrogens (tertiary/aromatic N) is 11. The second-order valence-electron chi connectivity index (χ2n) is 18.3. The van der Waals surface area contributed by atoms with E-state index in [1.165, 1.54) is 4.91 Å². The van der Waals surface area contributed by atoms with Gasteiger partial charge in [0.2, 0.25) is 11.8 Å². The molecule has 3 heterocycles. The Labute approximate surface area is 476 Å².